The molecule has 3 rings (SSSR count). The van der Waals surface area contributed by atoms with Gasteiger partial charge in [-0.2, -0.15) is 4.31 Å². The molecule has 0 aliphatic carbocycles. The van der Waals surface area contributed by atoms with Crippen LogP contribution in [0, 0.1) is 13.8 Å². The minimum atomic E-state index is -3.51. The molecule has 0 bridgehead atoms. The number of rotatable bonds is 6. The Hall–Kier alpha value is -1.87. The average Bonchev–Trinajstić information content (AvgIpc) is 2.70. The molecule has 1 fully saturated rings. The van der Waals surface area contributed by atoms with Crippen LogP contribution in [0.5, 0.6) is 0 Å². The summed E-state index contributed by atoms with van der Waals surface area (Å²) < 4.78 is 27.3. The molecule has 0 aromatic heterocycles. The largest absolute Gasteiger partial charge is 0.324 e. The Morgan fingerprint density at radius 2 is 1.72 bits per heavy atom. The maximum absolute atomic E-state index is 12.9. The summed E-state index contributed by atoms with van der Waals surface area (Å²) in [5.74, 6) is -0.0861. The molecule has 0 spiro atoms. The van der Waals surface area contributed by atoms with E-state index in [1.165, 1.54) is 4.31 Å². The topological polar surface area (TPSA) is 69.7 Å². The van der Waals surface area contributed by atoms with Crippen LogP contribution in [0.2, 0.25) is 0 Å². The van der Waals surface area contributed by atoms with Crippen LogP contribution in [-0.2, 0) is 14.8 Å². The standard InChI is InChI=1S/C21H27N3O3S2/c1-16-8-9-18(14-17(16)2)29(26,27)24-12-10-23(11-13-24)15-21(25)22-19-6-4-5-7-20(19)28-3/h4-9,14H,10-13,15H2,1-3H3,(H,22,25). The highest BCUT2D eigenvalue weighted by Gasteiger charge is 2.29. The van der Waals surface area contributed by atoms with Crippen LogP contribution in [0.3, 0.4) is 0 Å². The highest BCUT2D eigenvalue weighted by Crippen LogP contribution is 2.24. The van der Waals surface area contributed by atoms with Crippen LogP contribution in [-0.4, -0.2) is 62.5 Å². The van der Waals surface area contributed by atoms with E-state index in [9.17, 15) is 13.2 Å². The van der Waals surface area contributed by atoms with Crippen LogP contribution in [0.1, 0.15) is 11.1 Å². The third-order valence-corrected chi connectivity index (χ3v) is 7.89. The number of anilines is 1. The third-order valence-electron chi connectivity index (χ3n) is 5.20. The number of amides is 1. The SMILES string of the molecule is CSc1ccccc1NC(=O)CN1CCN(S(=O)(=O)c2ccc(C)c(C)c2)CC1. The van der Waals surface area contributed by atoms with Crippen molar-refractivity contribution in [3.8, 4) is 0 Å². The molecule has 0 saturated carbocycles. The molecular weight excluding hydrogens is 406 g/mol. The lowest BCUT2D eigenvalue weighted by Gasteiger charge is -2.33. The van der Waals surface area contributed by atoms with E-state index in [-0.39, 0.29) is 12.5 Å². The Morgan fingerprint density at radius 1 is 1.03 bits per heavy atom. The van der Waals surface area contributed by atoms with Gasteiger partial charge in [-0.1, -0.05) is 18.2 Å². The predicted octanol–water partition coefficient (Wildman–Crippen LogP) is 2.97. The van der Waals surface area contributed by atoms with E-state index in [1.807, 2.05) is 55.3 Å². The van der Waals surface area contributed by atoms with E-state index < -0.39 is 10.0 Å². The Kier molecular flexibility index (Phi) is 7.00. The van der Waals surface area contributed by atoms with Gasteiger partial charge in [0.25, 0.3) is 0 Å². The fourth-order valence-electron chi connectivity index (χ4n) is 3.29. The van der Waals surface area contributed by atoms with Crippen LogP contribution in [0.15, 0.2) is 52.3 Å². The van der Waals surface area contributed by atoms with E-state index in [0.717, 1.165) is 21.7 Å². The smallest absolute Gasteiger partial charge is 0.243 e. The first kappa shape index (κ1) is 21.8. The van der Waals surface area contributed by atoms with Crippen LogP contribution >= 0.6 is 11.8 Å². The van der Waals surface area contributed by atoms with Crippen LogP contribution < -0.4 is 5.32 Å². The van der Waals surface area contributed by atoms with Crippen molar-refractivity contribution in [1.82, 2.24) is 9.21 Å². The number of carbonyl (C=O) groups is 1. The molecule has 0 radical (unpaired) electrons. The molecular formula is C21H27N3O3S2. The molecule has 0 unspecified atom stereocenters. The number of thioether (sulfide) groups is 1. The quantitative estimate of drug-likeness (QED) is 0.710. The van der Waals surface area contributed by atoms with Crippen molar-refractivity contribution in [3.05, 3.63) is 53.6 Å². The number of carbonyl (C=O) groups excluding carboxylic acids is 1. The molecule has 8 heteroatoms. The maximum atomic E-state index is 12.9. The summed E-state index contributed by atoms with van der Waals surface area (Å²) in [4.78, 5) is 15.8. The number of hydrogen-bond donors (Lipinski definition) is 1. The average molecular weight is 434 g/mol. The van der Waals surface area contributed by atoms with E-state index >= 15 is 0 Å². The first-order valence-electron chi connectivity index (χ1n) is 9.54. The number of benzene rings is 2. The molecule has 29 heavy (non-hydrogen) atoms. The zero-order chi connectivity index (χ0) is 21.0. The molecule has 2 aromatic carbocycles. The number of hydrogen-bond acceptors (Lipinski definition) is 5. The number of nitrogens with zero attached hydrogens (tertiary/aromatic N) is 2. The Bertz CT molecular complexity index is 984. The molecule has 2 aromatic rings. The van der Waals surface area contributed by atoms with E-state index in [0.29, 0.717) is 31.1 Å². The minimum absolute atomic E-state index is 0.0861. The summed E-state index contributed by atoms with van der Waals surface area (Å²) in [6.45, 7) is 5.95. The van der Waals surface area contributed by atoms with Crippen molar-refractivity contribution in [2.75, 3.05) is 44.3 Å². The van der Waals surface area contributed by atoms with E-state index in [2.05, 4.69) is 5.32 Å². The molecule has 1 aliphatic heterocycles. The minimum Gasteiger partial charge on any atom is -0.324 e. The van der Waals surface area contributed by atoms with Gasteiger partial charge in [-0.15, -0.1) is 11.8 Å². The van der Waals surface area contributed by atoms with Gasteiger partial charge in [0.2, 0.25) is 15.9 Å². The van der Waals surface area contributed by atoms with Gasteiger partial charge in [0, 0.05) is 31.1 Å². The van der Waals surface area contributed by atoms with Gasteiger partial charge in [0.1, 0.15) is 0 Å². The molecule has 156 valence electrons. The van der Waals surface area contributed by atoms with Crippen molar-refractivity contribution in [2.24, 2.45) is 0 Å². The van der Waals surface area contributed by atoms with Gasteiger partial charge in [-0.05, 0) is 55.5 Å². The van der Waals surface area contributed by atoms with Crippen LogP contribution in [0.25, 0.3) is 0 Å². The van der Waals surface area contributed by atoms with Crippen LogP contribution in [0.4, 0.5) is 5.69 Å². The molecule has 6 nitrogen and oxygen atoms in total. The van der Waals surface area contributed by atoms with Crippen molar-refractivity contribution in [2.45, 2.75) is 23.6 Å². The van der Waals surface area contributed by atoms with Gasteiger partial charge < -0.3 is 5.32 Å². The van der Waals surface area contributed by atoms with Crippen molar-refractivity contribution in [1.29, 1.82) is 0 Å². The number of sulfonamides is 1. The first-order chi connectivity index (χ1) is 13.8. The second kappa shape index (κ2) is 9.30. The van der Waals surface area contributed by atoms with E-state index in [4.69, 9.17) is 0 Å². The lowest BCUT2D eigenvalue weighted by Crippen LogP contribution is -2.50. The summed E-state index contributed by atoms with van der Waals surface area (Å²) in [6.07, 6.45) is 1.97. The van der Waals surface area contributed by atoms with Crippen molar-refractivity contribution in [3.63, 3.8) is 0 Å². The normalized spacial score (nSPS) is 16.0. The predicted molar refractivity (Wildman–Crippen MR) is 118 cm³/mol. The first-order valence-corrected chi connectivity index (χ1v) is 12.2. The number of nitrogens with one attached hydrogen (secondary N) is 1. The van der Waals surface area contributed by atoms with Crippen molar-refractivity contribution >= 4 is 33.4 Å². The van der Waals surface area contributed by atoms with Gasteiger partial charge in [0.05, 0.1) is 17.1 Å². The molecule has 0 atom stereocenters. The highest BCUT2D eigenvalue weighted by molar-refractivity contribution is 7.98. The maximum Gasteiger partial charge on any atom is 0.243 e. The summed E-state index contributed by atoms with van der Waals surface area (Å²) >= 11 is 1.58. The van der Waals surface area contributed by atoms with Gasteiger partial charge in [-0.25, -0.2) is 8.42 Å². The lowest BCUT2D eigenvalue weighted by atomic mass is 10.1. The Morgan fingerprint density at radius 3 is 2.38 bits per heavy atom. The third kappa shape index (κ3) is 5.19. The summed E-state index contributed by atoms with van der Waals surface area (Å²) in [7, 11) is -3.51. The molecule has 1 N–H and O–H groups in total. The fraction of sp³-hybridized carbons (Fsp3) is 0.381. The van der Waals surface area contributed by atoms with E-state index in [1.54, 1.807) is 23.9 Å². The molecule has 1 aliphatic rings. The summed E-state index contributed by atoms with van der Waals surface area (Å²) in [6, 6.07) is 12.9. The monoisotopic (exact) mass is 433 g/mol. The zero-order valence-corrected chi connectivity index (χ0v) is 18.6. The number of aryl methyl sites for hydroxylation is 2. The highest BCUT2D eigenvalue weighted by atomic mass is 32.2. The summed E-state index contributed by atoms with van der Waals surface area (Å²) in [5.41, 5.74) is 2.84. The number of piperazine rings is 1. The van der Waals surface area contributed by atoms with Gasteiger partial charge in [0.15, 0.2) is 0 Å². The molecule has 1 amide bonds. The zero-order valence-electron chi connectivity index (χ0n) is 17.0. The number of para-hydroxylation sites is 1. The molecule has 1 heterocycles. The lowest BCUT2D eigenvalue weighted by molar-refractivity contribution is -0.117. The summed E-state index contributed by atoms with van der Waals surface area (Å²) in [5, 5.41) is 2.95. The van der Waals surface area contributed by atoms with Gasteiger partial charge >= 0.3 is 0 Å². The molecule has 1 saturated heterocycles. The Labute approximate surface area is 177 Å². The Balaban J connectivity index is 1.57. The second-order valence-corrected chi connectivity index (χ2v) is 9.96. The van der Waals surface area contributed by atoms with Crippen molar-refractivity contribution < 1.29 is 13.2 Å². The van der Waals surface area contributed by atoms with Gasteiger partial charge in [-0.3, -0.25) is 9.69 Å². The fourth-order valence-corrected chi connectivity index (χ4v) is 5.35. The second-order valence-electron chi connectivity index (χ2n) is 7.17.